The number of alkyl halides is 17. The minimum Gasteiger partial charge on any atom is -0.477 e. The van der Waals surface area contributed by atoms with Gasteiger partial charge in [-0.25, -0.2) is 4.79 Å². The van der Waals surface area contributed by atoms with Gasteiger partial charge in [-0.05, 0) is 0 Å². The highest BCUT2D eigenvalue weighted by Crippen LogP contribution is 2.56. The number of carboxylic acid groups (broad SMARTS) is 1. The largest absolute Gasteiger partial charge is 0.477 e. The van der Waals surface area contributed by atoms with Crippen LogP contribution in [-0.4, -0.2) is 59.5 Å². The fourth-order valence-corrected chi connectivity index (χ4v) is 1.17. The summed E-state index contributed by atoms with van der Waals surface area (Å²) in [5, 5.41) is 7.69. The van der Waals surface area contributed by atoms with E-state index in [9.17, 15) is 79.4 Å². The van der Waals surface area contributed by atoms with Gasteiger partial charge >= 0.3 is 54.3 Å². The van der Waals surface area contributed by atoms with Crippen molar-refractivity contribution in [3.63, 3.8) is 0 Å². The van der Waals surface area contributed by atoms with Crippen LogP contribution in [0.5, 0.6) is 0 Å². The van der Waals surface area contributed by atoms with Crippen molar-refractivity contribution in [1.29, 1.82) is 0 Å². The number of carbonyl (C=O) groups is 1. The van der Waals surface area contributed by atoms with Gasteiger partial charge in [0, 0.05) is 0 Å². The molecule has 0 aromatic heterocycles. The summed E-state index contributed by atoms with van der Waals surface area (Å²) in [7, 11) is 0. The first kappa shape index (κ1) is 31.3. The molecule has 0 spiro atoms. The SMILES string of the molecule is N.O=C(O)C(F)(F)C(F)(F)OC(F)(C(F)(F)F)C(F)(F)OC(F)(C(F)(F)F)C(F)(F)F. The second kappa shape index (κ2) is 7.94. The number of carboxylic acids is 1. The molecule has 1 unspecified atom stereocenters. The number of aliphatic carboxylic acids is 1. The molecule has 0 bridgehead atoms. The molecule has 0 heterocycles. The summed E-state index contributed by atoms with van der Waals surface area (Å²) in [5.74, 6) is -27.2. The zero-order chi connectivity index (χ0) is 25.0. The molecule has 0 aliphatic rings. The summed E-state index contributed by atoms with van der Waals surface area (Å²) < 4.78 is 216. The van der Waals surface area contributed by atoms with Crippen molar-refractivity contribution < 1.29 is 94.0 Å². The van der Waals surface area contributed by atoms with Gasteiger partial charge in [-0.1, -0.05) is 0 Å². The zero-order valence-electron chi connectivity index (χ0n) is 13.3. The fraction of sp³-hybridized carbons (Fsp3) is 0.889. The van der Waals surface area contributed by atoms with Crippen molar-refractivity contribution in [2.75, 3.05) is 0 Å². The monoisotopic (exact) mass is 513 g/mol. The lowest BCUT2D eigenvalue weighted by Gasteiger charge is -2.40. The summed E-state index contributed by atoms with van der Waals surface area (Å²) in [5.41, 5.74) is 0. The Balaban J connectivity index is 0. The van der Waals surface area contributed by atoms with Crippen LogP contribution in [-0.2, 0) is 14.3 Å². The predicted octanol–water partition coefficient (Wildman–Crippen LogP) is 5.11. The smallest absolute Gasteiger partial charge is 0.458 e. The average Bonchev–Trinajstić information content (AvgIpc) is 2.41. The second-order valence-electron chi connectivity index (χ2n) is 4.80. The van der Waals surface area contributed by atoms with Crippen LogP contribution in [0.2, 0.25) is 0 Å². The Bertz CT molecular complexity index is 637. The lowest BCUT2D eigenvalue weighted by atomic mass is 10.2. The molecule has 0 fully saturated rings. The Labute approximate surface area is 156 Å². The van der Waals surface area contributed by atoms with E-state index in [0.717, 1.165) is 0 Å². The van der Waals surface area contributed by atoms with E-state index in [-0.39, 0.29) is 6.15 Å². The fourth-order valence-electron chi connectivity index (χ4n) is 1.17. The molecule has 0 radical (unpaired) electrons. The highest BCUT2D eigenvalue weighted by Gasteiger charge is 2.86. The van der Waals surface area contributed by atoms with E-state index in [4.69, 9.17) is 5.11 Å². The van der Waals surface area contributed by atoms with Gasteiger partial charge < -0.3 is 11.3 Å². The molecule has 0 saturated carbocycles. The van der Waals surface area contributed by atoms with Gasteiger partial charge in [0.1, 0.15) is 0 Å². The predicted molar refractivity (Wildman–Crippen MR) is 55.5 cm³/mol. The van der Waals surface area contributed by atoms with Crippen LogP contribution in [0.3, 0.4) is 0 Å². The van der Waals surface area contributed by atoms with Crippen molar-refractivity contribution in [2.45, 2.75) is 48.4 Å². The number of hydrogen-bond acceptors (Lipinski definition) is 4. The highest BCUT2D eigenvalue weighted by molar-refractivity contribution is 5.76. The molecule has 1 atom stereocenters. The Morgan fingerprint density at radius 1 is 0.516 bits per heavy atom. The van der Waals surface area contributed by atoms with Gasteiger partial charge in [0.05, 0.1) is 0 Å². The van der Waals surface area contributed by atoms with Crippen LogP contribution in [0.1, 0.15) is 0 Å². The summed E-state index contributed by atoms with van der Waals surface area (Å²) in [6, 6.07) is 0. The van der Waals surface area contributed by atoms with E-state index in [1.165, 1.54) is 9.47 Å². The normalized spacial score (nSPS) is 17.1. The third kappa shape index (κ3) is 5.15. The lowest BCUT2D eigenvalue weighted by molar-refractivity contribution is -0.558. The van der Waals surface area contributed by atoms with Gasteiger partial charge in [-0.2, -0.15) is 74.6 Å². The van der Waals surface area contributed by atoms with Crippen LogP contribution in [0, 0.1) is 0 Å². The van der Waals surface area contributed by atoms with Crippen LogP contribution in [0.15, 0.2) is 0 Å². The van der Waals surface area contributed by atoms with Crippen LogP contribution in [0.25, 0.3) is 0 Å². The molecule has 0 aromatic rings. The van der Waals surface area contributed by atoms with Crippen molar-refractivity contribution >= 4 is 5.97 Å². The van der Waals surface area contributed by atoms with Crippen LogP contribution < -0.4 is 6.15 Å². The molecule has 0 saturated heterocycles. The van der Waals surface area contributed by atoms with Gasteiger partial charge in [0.2, 0.25) is 0 Å². The van der Waals surface area contributed by atoms with Crippen LogP contribution >= 0.6 is 0 Å². The molecule has 5 nitrogen and oxygen atoms in total. The van der Waals surface area contributed by atoms with Crippen molar-refractivity contribution in [3.8, 4) is 0 Å². The third-order valence-electron chi connectivity index (χ3n) is 2.64. The molecule has 0 aliphatic carbocycles. The quantitative estimate of drug-likeness (QED) is 0.463. The average molecular weight is 513 g/mol. The Kier molecular flexibility index (Phi) is 8.03. The van der Waals surface area contributed by atoms with Gasteiger partial charge in [0.25, 0.3) is 0 Å². The first-order valence-corrected chi connectivity index (χ1v) is 5.96. The number of halogens is 17. The van der Waals surface area contributed by atoms with Crippen molar-refractivity contribution in [2.24, 2.45) is 0 Å². The molecule has 4 N–H and O–H groups in total. The minimum absolute atomic E-state index is 0. The van der Waals surface area contributed by atoms with Gasteiger partial charge in [0.15, 0.2) is 0 Å². The minimum atomic E-state index is -8.14. The molecule has 0 amide bonds. The Hall–Kier alpha value is -1.84. The van der Waals surface area contributed by atoms with E-state index in [2.05, 4.69) is 0 Å². The number of hydrogen-bond donors (Lipinski definition) is 2. The van der Waals surface area contributed by atoms with Crippen molar-refractivity contribution in [1.82, 2.24) is 6.15 Å². The molecule has 188 valence electrons. The van der Waals surface area contributed by atoms with Gasteiger partial charge in [-0.15, -0.1) is 0 Å². The maximum Gasteiger partial charge on any atom is 0.458 e. The van der Waals surface area contributed by atoms with Crippen LogP contribution in [0.4, 0.5) is 74.6 Å². The molecule has 31 heavy (non-hydrogen) atoms. The summed E-state index contributed by atoms with van der Waals surface area (Å²) in [4.78, 5) is 9.85. The second-order valence-corrected chi connectivity index (χ2v) is 4.80. The third-order valence-corrected chi connectivity index (χ3v) is 2.64. The number of rotatable bonds is 7. The molecule has 0 rings (SSSR count). The van der Waals surface area contributed by atoms with Crippen molar-refractivity contribution in [3.05, 3.63) is 0 Å². The first-order chi connectivity index (χ1) is 12.6. The van der Waals surface area contributed by atoms with E-state index in [1.807, 2.05) is 0 Å². The Morgan fingerprint density at radius 3 is 1.00 bits per heavy atom. The lowest BCUT2D eigenvalue weighted by Crippen LogP contribution is -2.68. The summed E-state index contributed by atoms with van der Waals surface area (Å²) >= 11 is 0. The molecule has 0 aliphatic heterocycles. The van der Waals surface area contributed by atoms with Gasteiger partial charge in [-0.3, -0.25) is 9.47 Å². The van der Waals surface area contributed by atoms with E-state index in [1.54, 1.807) is 0 Å². The maximum atomic E-state index is 13.5. The molecule has 0 aromatic carbocycles. The summed E-state index contributed by atoms with van der Waals surface area (Å²) in [6.45, 7) is 0. The molecule has 22 heteroatoms. The van der Waals surface area contributed by atoms with E-state index < -0.39 is 54.3 Å². The maximum absolute atomic E-state index is 13.5. The van der Waals surface area contributed by atoms with E-state index in [0.29, 0.717) is 0 Å². The standard InChI is InChI=1S/C9HF17O4.H3N/c10-2(11,1(27)28)8(23,24)30-4(13,7(20,21)22)9(25,26)29-3(12,5(14,15)16)6(17,18)19;/h(H,27,28);1H3. The summed E-state index contributed by atoms with van der Waals surface area (Å²) in [6.07, 6.45) is -39.1. The first-order valence-electron chi connectivity index (χ1n) is 5.96. The number of ether oxygens (including phenoxy) is 2. The molecular weight excluding hydrogens is 509 g/mol. The van der Waals surface area contributed by atoms with E-state index >= 15 is 0 Å². The zero-order valence-corrected chi connectivity index (χ0v) is 13.3. The highest BCUT2D eigenvalue weighted by atomic mass is 19.4. The molecular formula is C9H4F17NO4. The Morgan fingerprint density at radius 2 is 0.774 bits per heavy atom. The topological polar surface area (TPSA) is 90.8 Å².